The second kappa shape index (κ2) is 4.04. The van der Waals surface area contributed by atoms with E-state index in [2.05, 4.69) is 0 Å². The van der Waals surface area contributed by atoms with Gasteiger partial charge in [0.05, 0.1) is 21.5 Å². The van der Waals surface area contributed by atoms with Gasteiger partial charge in [-0.2, -0.15) is 0 Å². The van der Waals surface area contributed by atoms with E-state index >= 15 is 0 Å². The molecule has 1 rings (SSSR count). The largest absolute Gasteiger partial charge is 0.281 e. The Bertz CT molecular complexity index is 437. The lowest BCUT2D eigenvalue weighted by molar-refractivity contribution is -0.524. The second-order valence-electron chi connectivity index (χ2n) is 3.22. The van der Waals surface area contributed by atoms with Crippen LogP contribution in [0.15, 0.2) is 23.0 Å². The summed E-state index contributed by atoms with van der Waals surface area (Å²) < 4.78 is 0. The number of allylic oxidation sites excluding steroid dienone is 1. The third-order valence-corrected chi connectivity index (χ3v) is 2.30. The first-order chi connectivity index (χ1) is 7.34. The lowest BCUT2D eigenvalue weighted by atomic mass is 9.96. The Morgan fingerprint density at radius 1 is 1.19 bits per heavy atom. The van der Waals surface area contributed by atoms with Crippen molar-refractivity contribution in [2.24, 2.45) is 0 Å². The highest BCUT2D eigenvalue weighted by atomic mass is 16.6. The minimum Gasteiger partial charge on any atom is -0.264 e. The van der Waals surface area contributed by atoms with Crippen molar-refractivity contribution < 1.29 is 14.8 Å². The van der Waals surface area contributed by atoms with Gasteiger partial charge in [0.25, 0.3) is 17.4 Å². The molecule has 86 valence electrons. The highest BCUT2D eigenvalue weighted by Crippen LogP contribution is 2.26. The zero-order valence-corrected chi connectivity index (χ0v) is 8.15. The predicted octanol–water partition coefficient (Wildman–Crippen LogP) is 0.747. The molecule has 0 heterocycles. The highest BCUT2D eigenvalue weighted by molar-refractivity contribution is 5.28. The summed E-state index contributed by atoms with van der Waals surface area (Å²) in [7, 11) is 0. The van der Waals surface area contributed by atoms with E-state index in [1.54, 1.807) is 0 Å². The van der Waals surface area contributed by atoms with E-state index in [1.165, 1.54) is 6.92 Å². The second-order valence-corrected chi connectivity index (χ2v) is 3.22. The van der Waals surface area contributed by atoms with Crippen molar-refractivity contribution >= 4 is 0 Å². The molecule has 16 heavy (non-hydrogen) atoms. The van der Waals surface area contributed by atoms with Crippen LogP contribution in [0.1, 0.15) is 13.3 Å². The quantitative estimate of drug-likeness (QED) is 0.518. The highest BCUT2D eigenvalue weighted by Gasteiger charge is 2.39. The molecule has 0 saturated carbocycles. The first-order valence-corrected chi connectivity index (χ1v) is 4.18. The van der Waals surface area contributed by atoms with Crippen LogP contribution in [0, 0.1) is 30.3 Å². The van der Waals surface area contributed by atoms with E-state index < -0.39 is 38.6 Å². The normalized spacial score (nSPS) is 20.3. The molecular formula is C7H7N3O6. The van der Waals surface area contributed by atoms with Crippen LogP contribution in [0.2, 0.25) is 0 Å². The number of nitro groups is 3. The summed E-state index contributed by atoms with van der Waals surface area (Å²) in [4.78, 5) is 29.2. The van der Waals surface area contributed by atoms with E-state index in [0.717, 1.165) is 6.08 Å². The fourth-order valence-corrected chi connectivity index (χ4v) is 1.41. The molecular weight excluding hydrogens is 222 g/mol. The van der Waals surface area contributed by atoms with Gasteiger partial charge in [0, 0.05) is 4.92 Å². The van der Waals surface area contributed by atoms with Crippen molar-refractivity contribution in [3.8, 4) is 0 Å². The number of rotatable bonds is 3. The van der Waals surface area contributed by atoms with E-state index in [1.807, 2.05) is 0 Å². The van der Waals surface area contributed by atoms with Gasteiger partial charge in [-0.15, -0.1) is 0 Å². The van der Waals surface area contributed by atoms with E-state index in [4.69, 9.17) is 0 Å². The molecule has 0 spiro atoms. The summed E-state index contributed by atoms with van der Waals surface area (Å²) >= 11 is 0. The third kappa shape index (κ3) is 2.02. The molecule has 1 aliphatic carbocycles. The average Bonchev–Trinajstić information content (AvgIpc) is 2.16. The molecule has 0 saturated heterocycles. The number of hydrogen-bond donors (Lipinski definition) is 0. The molecule has 0 aromatic rings. The lowest BCUT2D eigenvalue weighted by Gasteiger charge is -2.12. The molecule has 0 amide bonds. The molecule has 0 bridgehead atoms. The summed E-state index contributed by atoms with van der Waals surface area (Å²) in [6, 6.07) is -1.40. The Morgan fingerprint density at radius 3 is 2.12 bits per heavy atom. The van der Waals surface area contributed by atoms with Crippen LogP contribution >= 0.6 is 0 Å². The van der Waals surface area contributed by atoms with Crippen LogP contribution < -0.4 is 0 Å². The first-order valence-electron chi connectivity index (χ1n) is 4.18. The van der Waals surface area contributed by atoms with Crippen LogP contribution in [0.25, 0.3) is 0 Å². The van der Waals surface area contributed by atoms with E-state index in [0.29, 0.717) is 0 Å². The Labute approximate surface area is 88.5 Å². The standard InChI is InChI=1S/C7H7N3O6/c1-4-6(9(13)14)2-5(8(11)12)3-7(4)10(15)16/h2,7H,3H2,1H3. The summed E-state index contributed by atoms with van der Waals surface area (Å²) in [6.07, 6.45) is 0.346. The van der Waals surface area contributed by atoms with Crippen molar-refractivity contribution in [1.82, 2.24) is 0 Å². The van der Waals surface area contributed by atoms with Gasteiger partial charge in [0.1, 0.15) is 6.42 Å². The Morgan fingerprint density at radius 2 is 1.75 bits per heavy atom. The molecule has 0 radical (unpaired) electrons. The van der Waals surface area contributed by atoms with Gasteiger partial charge in [0.15, 0.2) is 0 Å². The Hall–Kier alpha value is -2.32. The number of nitrogens with zero attached hydrogens (tertiary/aromatic N) is 3. The van der Waals surface area contributed by atoms with Gasteiger partial charge in [-0.3, -0.25) is 30.3 Å². The SMILES string of the molecule is CC1=C([N+](=O)[O-])C=C([N+](=O)[O-])CC1[N+](=O)[O-]. The van der Waals surface area contributed by atoms with Gasteiger partial charge in [-0.1, -0.05) is 0 Å². The van der Waals surface area contributed by atoms with Crippen LogP contribution in [0.3, 0.4) is 0 Å². The van der Waals surface area contributed by atoms with Crippen molar-refractivity contribution in [2.45, 2.75) is 19.4 Å². The van der Waals surface area contributed by atoms with Crippen molar-refractivity contribution in [3.05, 3.63) is 53.4 Å². The van der Waals surface area contributed by atoms with Gasteiger partial charge in [-0.25, -0.2) is 0 Å². The van der Waals surface area contributed by atoms with Crippen LogP contribution in [0.5, 0.6) is 0 Å². The molecule has 1 unspecified atom stereocenters. The molecule has 0 aromatic carbocycles. The summed E-state index contributed by atoms with van der Waals surface area (Å²) in [6.45, 7) is 1.23. The Kier molecular flexibility index (Phi) is 2.97. The lowest BCUT2D eigenvalue weighted by Crippen LogP contribution is -2.28. The molecule has 1 aliphatic rings. The molecule has 0 fully saturated rings. The molecule has 9 heteroatoms. The minimum absolute atomic E-state index is 0.0689. The van der Waals surface area contributed by atoms with Crippen LogP contribution in [-0.2, 0) is 0 Å². The van der Waals surface area contributed by atoms with Gasteiger partial charge in [0.2, 0.25) is 0 Å². The maximum Gasteiger partial charge on any atom is 0.281 e. The summed E-state index contributed by atoms with van der Waals surface area (Å²) in [5.74, 6) is 0. The van der Waals surface area contributed by atoms with Crippen LogP contribution in [-0.4, -0.2) is 20.8 Å². The summed E-state index contributed by atoms with van der Waals surface area (Å²) in [5, 5.41) is 31.6. The maximum atomic E-state index is 10.6. The van der Waals surface area contributed by atoms with Crippen molar-refractivity contribution in [3.63, 3.8) is 0 Å². The van der Waals surface area contributed by atoms with Crippen molar-refractivity contribution in [1.29, 1.82) is 0 Å². The average molecular weight is 229 g/mol. The predicted molar refractivity (Wildman–Crippen MR) is 50.2 cm³/mol. The number of hydrogen-bond acceptors (Lipinski definition) is 6. The van der Waals surface area contributed by atoms with Gasteiger partial charge < -0.3 is 0 Å². The molecule has 0 aromatic heterocycles. The zero-order chi connectivity index (χ0) is 12.5. The first kappa shape index (κ1) is 11.8. The maximum absolute atomic E-state index is 10.6. The van der Waals surface area contributed by atoms with Crippen molar-refractivity contribution in [2.75, 3.05) is 0 Å². The topological polar surface area (TPSA) is 129 Å². The molecule has 9 nitrogen and oxygen atoms in total. The summed E-state index contributed by atoms with van der Waals surface area (Å²) in [5.41, 5.74) is -1.15. The fraction of sp³-hybridized carbons (Fsp3) is 0.429. The van der Waals surface area contributed by atoms with Gasteiger partial charge >= 0.3 is 0 Å². The van der Waals surface area contributed by atoms with E-state index in [-0.39, 0.29) is 5.57 Å². The molecule has 1 atom stereocenters. The van der Waals surface area contributed by atoms with Gasteiger partial charge in [-0.05, 0) is 6.92 Å². The smallest absolute Gasteiger partial charge is 0.264 e. The fourth-order valence-electron chi connectivity index (χ4n) is 1.41. The Balaban J connectivity index is 3.27. The monoisotopic (exact) mass is 229 g/mol. The van der Waals surface area contributed by atoms with Crippen LogP contribution in [0.4, 0.5) is 0 Å². The molecule has 0 N–H and O–H groups in total. The van der Waals surface area contributed by atoms with E-state index in [9.17, 15) is 30.3 Å². The zero-order valence-electron chi connectivity index (χ0n) is 8.15. The molecule has 0 aliphatic heterocycles. The minimum atomic E-state index is -1.40. The third-order valence-electron chi connectivity index (χ3n) is 2.30.